The Morgan fingerprint density at radius 2 is 2.39 bits per heavy atom. The molecule has 0 bridgehead atoms. The highest BCUT2D eigenvalue weighted by Crippen LogP contribution is 2.28. The molecule has 0 spiro atoms. The van der Waals surface area contributed by atoms with E-state index in [-0.39, 0.29) is 0 Å². The van der Waals surface area contributed by atoms with Crippen LogP contribution in [0.5, 0.6) is 0 Å². The molecular weight excluding hydrogens is 246 g/mol. The normalized spacial score (nSPS) is 23.6. The fraction of sp³-hybridized carbons (Fsp3) is 0.538. The number of primary amides is 1. The number of carbonyl (C=O) groups is 1. The summed E-state index contributed by atoms with van der Waals surface area (Å²) >= 11 is 1.94. The van der Waals surface area contributed by atoms with Gasteiger partial charge >= 0.3 is 0 Å². The van der Waals surface area contributed by atoms with E-state index in [0.717, 1.165) is 10.9 Å². The lowest BCUT2D eigenvalue weighted by molar-refractivity contribution is 0.0995. The average molecular weight is 265 g/mol. The summed E-state index contributed by atoms with van der Waals surface area (Å²) in [7, 11) is 0. The molecule has 1 heterocycles. The summed E-state index contributed by atoms with van der Waals surface area (Å²) in [6.45, 7) is 0. The van der Waals surface area contributed by atoms with Crippen LogP contribution in [0.15, 0.2) is 18.3 Å². The lowest BCUT2D eigenvalue weighted by atomic mass is 9.95. The molecule has 1 aromatic rings. The van der Waals surface area contributed by atoms with Crippen LogP contribution in [0.2, 0.25) is 0 Å². The third-order valence-electron chi connectivity index (χ3n) is 3.34. The number of amides is 1. The second-order valence-corrected chi connectivity index (χ2v) is 5.80. The van der Waals surface area contributed by atoms with Gasteiger partial charge in [-0.25, -0.2) is 0 Å². The number of hydrogen-bond acceptors (Lipinski definition) is 4. The van der Waals surface area contributed by atoms with Crippen molar-refractivity contribution in [2.45, 2.75) is 37.0 Å². The monoisotopic (exact) mass is 265 g/mol. The summed E-state index contributed by atoms with van der Waals surface area (Å²) in [5.41, 5.74) is 6.48. The molecule has 1 saturated carbocycles. The minimum Gasteiger partial charge on any atom is -0.382 e. The van der Waals surface area contributed by atoms with Crippen molar-refractivity contribution in [2.24, 2.45) is 5.73 Å². The summed E-state index contributed by atoms with van der Waals surface area (Å²) in [4.78, 5) is 15.0. The Morgan fingerprint density at radius 3 is 3.11 bits per heavy atom. The first-order valence-corrected chi connectivity index (χ1v) is 7.53. The second-order valence-electron chi connectivity index (χ2n) is 4.66. The molecule has 3 N–H and O–H groups in total. The third-order valence-corrected chi connectivity index (χ3v) is 4.44. The maximum absolute atomic E-state index is 11.1. The van der Waals surface area contributed by atoms with Gasteiger partial charge in [0.15, 0.2) is 0 Å². The van der Waals surface area contributed by atoms with Gasteiger partial charge in [-0.15, -0.1) is 0 Å². The fourth-order valence-electron chi connectivity index (χ4n) is 2.38. The third kappa shape index (κ3) is 3.38. The molecule has 1 aromatic heterocycles. The molecule has 2 atom stereocenters. The van der Waals surface area contributed by atoms with Crippen molar-refractivity contribution in [3.8, 4) is 0 Å². The minimum absolute atomic E-state index is 0.317. The Kier molecular flexibility index (Phi) is 4.47. The number of anilines is 1. The van der Waals surface area contributed by atoms with Crippen LogP contribution in [-0.2, 0) is 0 Å². The zero-order valence-electron chi connectivity index (χ0n) is 10.6. The molecule has 1 amide bonds. The van der Waals surface area contributed by atoms with Crippen molar-refractivity contribution in [1.82, 2.24) is 4.98 Å². The van der Waals surface area contributed by atoms with Crippen LogP contribution in [0.3, 0.4) is 0 Å². The lowest BCUT2D eigenvalue weighted by Gasteiger charge is -2.29. The van der Waals surface area contributed by atoms with E-state index in [4.69, 9.17) is 5.73 Å². The maximum Gasteiger partial charge on any atom is 0.267 e. The molecule has 0 radical (unpaired) electrons. The first-order valence-electron chi connectivity index (χ1n) is 6.24. The van der Waals surface area contributed by atoms with E-state index in [0.29, 0.717) is 11.7 Å². The van der Waals surface area contributed by atoms with Crippen LogP contribution in [0, 0.1) is 0 Å². The zero-order valence-corrected chi connectivity index (χ0v) is 11.4. The van der Waals surface area contributed by atoms with Gasteiger partial charge < -0.3 is 11.1 Å². The highest BCUT2D eigenvalue weighted by atomic mass is 32.2. The first-order chi connectivity index (χ1) is 8.69. The predicted octanol–water partition coefficient (Wildman–Crippen LogP) is 2.27. The van der Waals surface area contributed by atoms with Crippen LogP contribution in [0.25, 0.3) is 0 Å². The Bertz CT molecular complexity index is 424. The minimum atomic E-state index is -0.482. The van der Waals surface area contributed by atoms with Crippen LogP contribution < -0.4 is 11.1 Å². The number of nitrogens with two attached hydrogens (primary N) is 1. The van der Waals surface area contributed by atoms with Gasteiger partial charge in [0.1, 0.15) is 5.69 Å². The zero-order chi connectivity index (χ0) is 13.0. The van der Waals surface area contributed by atoms with Gasteiger partial charge in [-0.3, -0.25) is 9.78 Å². The van der Waals surface area contributed by atoms with E-state index in [2.05, 4.69) is 16.6 Å². The summed E-state index contributed by atoms with van der Waals surface area (Å²) in [6.07, 6.45) is 8.72. The van der Waals surface area contributed by atoms with Crippen molar-refractivity contribution in [3.63, 3.8) is 0 Å². The molecule has 2 unspecified atom stereocenters. The molecule has 1 fully saturated rings. The van der Waals surface area contributed by atoms with Crippen LogP contribution in [0.1, 0.15) is 36.2 Å². The number of aromatic nitrogens is 1. The molecule has 4 nitrogen and oxygen atoms in total. The summed E-state index contributed by atoms with van der Waals surface area (Å²) in [6, 6.07) is 4.10. The highest BCUT2D eigenvalue weighted by Gasteiger charge is 2.21. The molecule has 5 heteroatoms. The second kappa shape index (κ2) is 6.09. The maximum atomic E-state index is 11.1. The highest BCUT2D eigenvalue weighted by molar-refractivity contribution is 7.99. The number of pyridine rings is 1. The Morgan fingerprint density at radius 1 is 1.56 bits per heavy atom. The standard InChI is InChI=1S/C13H19N3OS/c1-18-11-4-2-3-9(7-11)16-10-5-6-15-12(8-10)13(14)17/h5-6,8-9,11H,2-4,7H2,1H3,(H2,14,17)(H,15,16). The molecule has 98 valence electrons. The van der Waals surface area contributed by atoms with Crippen molar-refractivity contribution in [2.75, 3.05) is 11.6 Å². The summed E-state index contributed by atoms with van der Waals surface area (Å²) in [5, 5.41) is 4.22. The molecule has 1 aliphatic rings. The van der Waals surface area contributed by atoms with Gasteiger partial charge in [-0.05, 0) is 37.7 Å². The van der Waals surface area contributed by atoms with Gasteiger partial charge in [-0.2, -0.15) is 11.8 Å². The van der Waals surface area contributed by atoms with Gasteiger partial charge in [0, 0.05) is 23.2 Å². The molecular formula is C13H19N3OS. The van der Waals surface area contributed by atoms with Crippen molar-refractivity contribution >= 4 is 23.4 Å². The van der Waals surface area contributed by atoms with Crippen LogP contribution in [0.4, 0.5) is 5.69 Å². The van der Waals surface area contributed by atoms with Crippen molar-refractivity contribution in [3.05, 3.63) is 24.0 Å². The first kappa shape index (κ1) is 13.2. The van der Waals surface area contributed by atoms with Crippen molar-refractivity contribution < 1.29 is 4.79 Å². The van der Waals surface area contributed by atoms with E-state index < -0.39 is 5.91 Å². The molecule has 18 heavy (non-hydrogen) atoms. The van der Waals surface area contributed by atoms with E-state index in [1.165, 1.54) is 25.7 Å². The number of hydrogen-bond donors (Lipinski definition) is 2. The number of carbonyl (C=O) groups excluding carboxylic acids is 1. The van der Waals surface area contributed by atoms with E-state index in [9.17, 15) is 4.79 Å². The smallest absolute Gasteiger partial charge is 0.267 e. The molecule has 0 aliphatic heterocycles. The quantitative estimate of drug-likeness (QED) is 0.876. The largest absolute Gasteiger partial charge is 0.382 e. The van der Waals surface area contributed by atoms with Crippen LogP contribution in [-0.4, -0.2) is 28.4 Å². The number of nitrogens with zero attached hydrogens (tertiary/aromatic N) is 1. The topological polar surface area (TPSA) is 68.0 Å². The predicted molar refractivity (Wildman–Crippen MR) is 75.9 cm³/mol. The number of nitrogens with one attached hydrogen (secondary N) is 1. The lowest BCUT2D eigenvalue weighted by Crippen LogP contribution is -2.28. The molecule has 2 rings (SSSR count). The van der Waals surface area contributed by atoms with Gasteiger partial charge in [0.2, 0.25) is 0 Å². The van der Waals surface area contributed by atoms with Gasteiger partial charge in [-0.1, -0.05) is 6.42 Å². The Balaban J connectivity index is 2.00. The van der Waals surface area contributed by atoms with E-state index in [1.807, 2.05) is 17.8 Å². The van der Waals surface area contributed by atoms with E-state index >= 15 is 0 Å². The van der Waals surface area contributed by atoms with Gasteiger partial charge in [0.05, 0.1) is 0 Å². The summed E-state index contributed by atoms with van der Waals surface area (Å²) < 4.78 is 0. The van der Waals surface area contributed by atoms with Crippen molar-refractivity contribution in [1.29, 1.82) is 0 Å². The van der Waals surface area contributed by atoms with Crippen LogP contribution >= 0.6 is 11.8 Å². The summed E-state index contributed by atoms with van der Waals surface area (Å²) in [5.74, 6) is -0.482. The number of rotatable bonds is 4. The SMILES string of the molecule is CSC1CCCC(Nc2ccnc(C(N)=O)c2)C1. The van der Waals surface area contributed by atoms with Gasteiger partial charge in [0.25, 0.3) is 5.91 Å². The Hall–Kier alpha value is -1.23. The average Bonchev–Trinajstić information content (AvgIpc) is 2.39. The Labute approximate surface area is 112 Å². The number of thioether (sulfide) groups is 1. The molecule has 1 aliphatic carbocycles. The molecule has 0 saturated heterocycles. The van der Waals surface area contributed by atoms with E-state index in [1.54, 1.807) is 12.3 Å². The molecule has 0 aromatic carbocycles. The fourth-order valence-corrected chi connectivity index (χ4v) is 3.21.